The average Bonchev–Trinajstić information content (AvgIpc) is 2.43. The molecule has 1 amide bonds. The van der Waals surface area contributed by atoms with Gasteiger partial charge in [-0.1, -0.05) is 0 Å². The van der Waals surface area contributed by atoms with Crippen molar-refractivity contribution in [3.8, 4) is 0 Å². The topological polar surface area (TPSA) is 89.6 Å². The Labute approximate surface area is 118 Å². The molecule has 0 aromatic heterocycles. The Hall–Kier alpha value is -1.36. The van der Waals surface area contributed by atoms with Crippen LogP contribution in [0.4, 0.5) is 0 Å². The lowest BCUT2D eigenvalue weighted by molar-refractivity contribution is -0.157. The predicted octanol–water partition coefficient (Wildman–Crippen LogP) is 0.901. The number of carbonyl (C=O) groups is 2. The molecule has 1 heterocycles. The first-order chi connectivity index (χ1) is 9.29. The Kier molecular flexibility index (Phi) is 2.77. The zero-order valence-corrected chi connectivity index (χ0v) is 11.9. The van der Waals surface area contributed by atoms with Gasteiger partial charge in [0.05, 0.1) is 11.5 Å². The van der Waals surface area contributed by atoms with E-state index in [9.17, 15) is 14.7 Å². The normalized spacial score (nSPS) is 43.8. The van der Waals surface area contributed by atoms with Gasteiger partial charge in [-0.2, -0.15) is 0 Å². The highest BCUT2D eigenvalue weighted by atomic mass is 16.6. The van der Waals surface area contributed by atoms with Crippen LogP contribution in [-0.4, -0.2) is 28.7 Å². The first kappa shape index (κ1) is 13.6. The number of hydrogen-bond acceptors (Lipinski definition) is 4. The van der Waals surface area contributed by atoms with Crippen LogP contribution in [0.1, 0.15) is 39.5 Å². The Morgan fingerprint density at radius 2 is 2.35 bits per heavy atom. The van der Waals surface area contributed by atoms with Gasteiger partial charge in [-0.3, -0.25) is 9.59 Å². The summed E-state index contributed by atoms with van der Waals surface area (Å²) in [5.41, 5.74) is 4.60. The van der Waals surface area contributed by atoms with Crippen LogP contribution in [0.15, 0.2) is 11.6 Å². The number of aliphatic hydroxyl groups is 1. The summed E-state index contributed by atoms with van der Waals surface area (Å²) in [4.78, 5) is 23.4. The third-order valence-electron chi connectivity index (χ3n) is 5.68. The fourth-order valence-corrected chi connectivity index (χ4v) is 4.54. The minimum Gasteiger partial charge on any atom is -0.459 e. The van der Waals surface area contributed by atoms with Gasteiger partial charge in [-0.25, -0.2) is 0 Å². The molecular formula is C15H21NO4. The molecule has 0 radical (unpaired) electrons. The molecule has 4 aliphatic rings. The van der Waals surface area contributed by atoms with E-state index in [0.29, 0.717) is 17.9 Å². The summed E-state index contributed by atoms with van der Waals surface area (Å²) in [5, 5.41) is 10.2. The average molecular weight is 279 g/mol. The van der Waals surface area contributed by atoms with Gasteiger partial charge in [-0.05, 0) is 51.5 Å². The summed E-state index contributed by atoms with van der Waals surface area (Å²) in [6.45, 7) is 3.57. The molecule has 1 aliphatic heterocycles. The molecular weight excluding hydrogens is 258 g/mol. The van der Waals surface area contributed by atoms with E-state index in [1.165, 1.54) is 6.08 Å². The van der Waals surface area contributed by atoms with Crippen LogP contribution >= 0.6 is 0 Å². The second kappa shape index (κ2) is 4.07. The van der Waals surface area contributed by atoms with Gasteiger partial charge >= 0.3 is 5.97 Å². The number of rotatable bonds is 4. The lowest BCUT2D eigenvalue weighted by Gasteiger charge is -2.57. The van der Waals surface area contributed by atoms with Crippen molar-refractivity contribution in [2.45, 2.75) is 51.2 Å². The highest BCUT2D eigenvalue weighted by molar-refractivity contribution is 5.91. The van der Waals surface area contributed by atoms with Crippen molar-refractivity contribution in [1.29, 1.82) is 0 Å². The van der Waals surface area contributed by atoms with Crippen molar-refractivity contribution in [3.63, 3.8) is 0 Å². The number of fused-ring (bicyclic) bond motifs is 1. The van der Waals surface area contributed by atoms with Gasteiger partial charge < -0.3 is 15.6 Å². The third kappa shape index (κ3) is 1.59. The van der Waals surface area contributed by atoms with Crippen LogP contribution in [0.25, 0.3) is 0 Å². The zero-order chi connectivity index (χ0) is 14.7. The van der Waals surface area contributed by atoms with Crippen molar-refractivity contribution >= 4 is 11.9 Å². The standard InChI is InChI=1S/C15H21NO4/c1-8(12(16)18)5-10(17)7-15-9-3-4-14(2,11(15)6-9)20-13(15)19/h5,9-11,17H,3-4,6-7H2,1-2H3,(H2,16,18)/b8-5+/t9-,10-,11-,14-,15+/m1/s1. The van der Waals surface area contributed by atoms with Crippen LogP contribution in [0.2, 0.25) is 0 Å². The fourth-order valence-electron chi connectivity index (χ4n) is 4.54. The number of ether oxygens (including phenoxy) is 1. The molecule has 4 bridgehead atoms. The molecule has 0 unspecified atom stereocenters. The van der Waals surface area contributed by atoms with Crippen molar-refractivity contribution in [3.05, 3.63) is 11.6 Å². The van der Waals surface area contributed by atoms with Crippen LogP contribution in [-0.2, 0) is 14.3 Å². The first-order valence-electron chi connectivity index (χ1n) is 7.19. The Bertz CT molecular complexity index is 512. The Morgan fingerprint density at radius 1 is 1.65 bits per heavy atom. The van der Waals surface area contributed by atoms with Gasteiger partial charge in [0.1, 0.15) is 5.60 Å². The van der Waals surface area contributed by atoms with E-state index < -0.39 is 17.4 Å². The van der Waals surface area contributed by atoms with Crippen molar-refractivity contribution < 1.29 is 19.4 Å². The van der Waals surface area contributed by atoms with E-state index in [0.717, 1.165) is 19.3 Å². The SMILES string of the molecule is C/C(=C\[C@@H](O)C[C@]12C(=O)O[C@]3(C)CC[C@@H]1C[C@@H]23)C(N)=O. The largest absolute Gasteiger partial charge is 0.459 e. The minimum absolute atomic E-state index is 0.164. The van der Waals surface area contributed by atoms with Gasteiger partial charge in [0.2, 0.25) is 5.91 Å². The summed E-state index contributed by atoms with van der Waals surface area (Å²) in [6, 6.07) is 0. The summed E-state index contributed by atoms with van der Waals surface area (Å²) in [6.07, 6.45) is 3.86. The molecule has 3 saturated carbocycles. The van der Waals surface area contributed by atoms with E-state index in [-0.39, 0.29) is 17.5 Å². The van der Waals surface area contributed by atoms with Gasteiger partial charge in [0.15, 0.2) is 0 Å². The maximum atomic E-state index is 12.3. The Balaban J connectivity index is 1.82. The van der Waals surface area contributed by atoms with E-state index in [2.05, 4.69) is 0 Å². The molecule has 1 saturated heterocycles. The quantitative estimate of drug-likeness (QED) is 0.591. The highest BCUT2D eigenvalue weighted by Crippen LogP contribution is 2.70. The number of nitrogens with two attached hydrogens (primary N) is 1. The Morgan fingerprint density at radius 3 is 2.95 bits per heavy atom. The molecule has 5 atom stereocenters. The van der Waals surface area contributed by atoms with Crippen LogP contribution in [0, 0.1) is 17.3 Å². The van der Waals surface area contributed by atoms with Crippen LogP contribution in [0.5, 0.6) is 0 Å². The molecule has 3 aliphatic carbocycles. The molecule has 0 spiro atoms. The van der Waals surface area contributed by atoms with Crippen molar-refractivity contribution in [2.75, 3.05) is 0 Å². The number of primary amides is 1. The highest BCUT2D eigenvalue weighted by Gasteiger charge is 2.74. The maximum absolute atomic E-state index is 12.3. The molecule has 5 nitrogen and oxygen atoms in total. The minimum atomic E-state index is -0.833. The number of amides is 1. The van der Waals surface area contributed by atoms with E-state index in [4.69, 9.17) is 10.5 Å². The van der Waals surface area contributed by atoms with Crippen molar-refractivity contribution in [1.82, 2.24) is 0 Å². The van der Waals surface area contributed by atoms with Gasteiger partial charge in [-0.15, -0.1) is 0 Å². The molecule has 3 N–H and O–H groups in total. The zero-order valence-electron chi connectivity index (χ0n) is 11.9. The molecule has 20 heavy (non-hydrogen) atoms. The second-order valence-corrected chi connectivity index (χ2v) is 6.75. The summed E-state index contributed by atoms with van der Waals surface area (Å²) in [7, 11) is 0. The summed E-state index contributed by atoms with van der Waals surface area (Å²) < 4.78 is 5.62. The van der Waals surface area contributed by atoms with Crippen molar-refractivity contribution in [2.24, 2.45) is 23.0 Å². The monoisotopic (exact) mass is 279 g/mol. The lowest BCUT2D eigenvalue weighted by Crippen LogP contribution is -2.59. The third-order valence-corrected chi connectivity index (χ3v) is 5.68. The predicted molar refractivity (Wildman–Crippen MR) is 71.3 cm³/mol. The van der Waals surface area contributed by atoms with Crippen LogP contribution in [0.3, 0.4) is 0 Å². The first-order valence-corrected chi connectivity index (χ1v) is 7.19. The van der Waals surface area contributed by atoms with Gasteiger partial charge in [0, 0.05) is 11.5 Å². The van der Waals surface area contributed by atoms with Gasteiger partial charge in [0.25, 0.3) is 0 Å². The molecule has 0 aromatic rings. The summed E-state index contributed by atoms with van der Waals surface area (Å²) >= 11 is 0. The molecule has 110 valence electrons. The smallest absolute Gasteiger partial charge is 0.313 e. The number of esters is 1. The maximum Gasteiger partial charge on any atom is 0.313 e. The molecule has 4 rings (SSSR count). The number of hydrogen-bond donors (Lipinski definition) is 2. The van der Waals surface area contributed by atoms with E-state index >= 15 is 0 Å². The fraction of sp³-hybridized carbons (Fsp3) is 0.733. The van der Waals surface area contributed by atoms with E-state index in [1.54, 1.807) is 6.92 Å². The molecule has 5 heteroatoms. The molecule has 0 aromatic carbocycles. The van der Waals surface area contributed by atoms with Crippen LogP contribution < -0.4 is 5.73 Å². The molecule has 4 fully saturated rings. The number of carbonyl (C=O) groups excluding carboxylic acids is 2. The lowest BCUT2D eigenvalue weighted by atomic mass is 9.43. The summed E-state index contributed by atoms with van der Waals surface area (Å²) in [5.74, 6) is -0.192. The number of aliphatic hydroxyl groups excluding tert-OH is 1. The van der Waals surface area contributed by atoms with E-state index in [1.807, 2.05) is 6.92 Å². The second-order valence-electron chi connectivity index (χ2n) is 6.75.